The molecule has 8 nitrogen and oxygen atoms in total. The van der Waals surface area contributed by atoms with Crippen LogP contribution in [0.2, 0.25) is 0 Å². The van der Waals surface area contributed by atoms with Crippen LogP contribution >= 0.6 is 0 Å². The molecule has 1 heterocycles. The fourth-order valence-corrected chi connectivity index (χ4v) is 6.30. The number of unbranched alkanes of at least 4 members (excludes halogenated alkanes) is 18. The zero-order chi connectivity index (χ0) is 38.5. The molecule has 53 heavy (non-hydrogen) atoms. The van der Waals surface area contributed by atoms with Gasteiger partial charge in [0.05, 0.1) is 19.8 Å². The summed E-state index contributed by atoms with van der Waals surface area (Å²) in [6.45, 7) is 5.70. The van der Waals surface area contributed by atoms with Gasteiger partial charge in [0.25, 0.3) is 0 Å². The van der Waals surface area contributed by atoms with Crippen LogP contribution < -0.4 is 0 Å². The summed E-state index contributed by atoms with van der Waals surface area (Å²) < 4.78 is 23.5. The van der Waals surface area contributed by atoms with Gasteiger partial charge in [0, 0.05) is 13.2 Å². The summed E-state index contributed by atoms with van der Waals surface area (Å²) in [6, 6.07) is 0. The van der Waals surface area contributed by atoms with Crippen molar-refractivity contribution in [2.75, 3.05) is 33.0 Å². The van der Waals surface area contributed by atoms with Crippen molar-refractivity contribution >= 4 is 0 Å². The first-order valence-corrected chi connectivity index (χ1v) is 21.8. The number of hydrogen-bond acceptors (Lipinski definition) is 8. The lowest BCUT2D eigenvalue weighted by Gasteiger charge is -2.39. The van der Waals surface area contributed by atoms with E-state index in [4.69, 9.17) is 18.9 Å². The smallest absolute Gasteiger partial charge is 0.186 e. The minimum atomic E-state index is -1.47. The number of ether oxygens (including phenoxy) is 4. The molecule has 0 bridgehead atoms. The molecule has 0 aliphatic carbocycles. The monoisotopic (exact) mass is 751 g/mol. The van der Waals surface area contributed by atoms with Gasteiger partial charge in [-0.2, -0.15) is 0 Å². The Balaban J connectivity index is 2.24. The molecule has 6 atom stereocenters. The van der Waals surface area contributed by atoms with Gasteiger partial charge >= 0.3 is 0 Å². The SMILES string of the molecule is CCCCC/C=C\C/C=C\CCCCCCCCOCC(CO[C@@H]1O[C@H](CO)[C@H](O)[C@H](O)[C@H]1O)OCCCCCCCC/C=C\C/C=C\CCCCC. The van der Waals surface area contributed by atoms with E-state index in [9.17, 15) is 20.4 Å². The van der Waals surface area contributed by atoms with Crippen LogP contribution in [0.25, 0.3) is 0 Å². The van der Waals surface area contributed by atoms with Crippen molar-refractivity contribution in [3.8, 4) is 0 Å². The topological polar surface area (TPSA) is 118 Å². The molecule has 0 aromatic rings. The fraction of sp³-hybridized carbons (Fsp3) is 0.822. The molecule has 0 aromatic carbocycles. The van der Waals surface area contributed by atoms with Gasteiger partial charge in [-0.25, -0.2) is 0 Å². The van der Waals surface area contributed by atoms with E-state index in [1.165, 1.54) is 103 Å². The molecular weight excluding hydrogens is 668 g/mol. The summed E-state index contributed by atoms with van der Waals surface area (Å²) in [7, 11) is 0. The van der Waals surface area contributed by atoms with Crippen LogP contribution in [0.4, 0.5) is 0 Å². The first-order valence-electron chi connectivity index (χ1n) is 21.8. The van der Waals surface area contributed by atoms with Gasteiger partial charge in [-0.05, 0) is 77.0 Å². The highest BCUT2D eigenvalue weighted by Gasteiger charge is 2.44. The van der Waals surface area contributed by atoms with E-state index in [1.807, 2.05) is 0 Å². The molecular formula is C45H82O8. The van der Waals surface area contributed by atoms with E-state index in [-0.39, 0.29) is 12.7 Å². The van der Waals surface area contributed by atoms with Crippen molar-refractivity contribution in [2.45, 2.75) is 205 Å². The minimum Gasteiger partial charge on any atom is -0.394 e. The summed E-state index contributed by atoms with van der Waals surface area (Å²) in [4.78, 5) is 0. The highest BCUT2D eigenvalue weighted by molar-refractivity contribution is 4.93. The molecule has 1 fully saturated rings. The van der Waals surface area contributed by atoms with Crippen LogP contribution in [0.1, 0.15) is 168 Å². The summed E-state index contributed by atoms with van der Waals surface area (Å²) in [5, 5.41) is 40.1. The zero-order valence-electron chi connectivity index (χ0n) is 34.0. The lowest BCUT2D eigenvalue weighted by Crippen LogP contribution is -2.59. The number of hydrogen-bond donors (Lipinski definition) is 4. The molecule has 0 aromatic heterocycles. The maximum atomic E-state index is 10.4. The van der Waals surface area contributed by atoms with Crippen molar-refractivity contribution in [3.63, 3.8) is 0 Å². The third kappa shape index (κ3) is 28.7. The van der Waals surface area contributed by atoms with Gasteiger partial charge < -0.3 is 39.4 Å². The van der Waals surface area contributed by atoms with Gasteiger partial charge in [0.1, 0.15) is 30.5 Å². The predicted molar refractivity (Wildman–Crippen MR) is 219 cm³/mol. The second kappa shape index (κ2) is 37.6. The maximum Gasteiger partial charge on any atom is 0.186 e. The average molecular weight is 751 g/mol. The Labute approximate surface area is 325 Å². The van der Waals surface area contributed by atoms with Gasteiger partial charge in [-0.1, -0.05) is 140 Å². The Kier molecular flexibility index (Phi) is 35.2. The quantitative estimate of drug-likeness (QED) is 0.0366. The lowest BCUT2D eigenvalue weighted by atomic mass is 9.99. The van der Waals surface area contributed by atoms with E-state index in [1.54, 1.807) is 0 Å². The maximum absolute atomic E-state index is 10.4. The molecule has 4 N–H and O–H groups in total. The minimum absolute atomic E-state index is 0.106. The predicted octanol–water partition coefficient (Wildman–Crippen LogP) is 9.83. The van der Waals surface area contributed by atoms with Crippen molar-refractivity contribution in [1.82, 2.24) is 0 Å². The molecule has 0 spiro atoms. The van der Waals surface area contributed by atoms with E-state index >= 15 is 0 Å². The average Bonchev–Trinajstić information content (AvgIpc) is 3.17. The summed E-state index contributed by atoms with van der Waals surface area (Å²) >= 11 is 0. The summed E-state index contributed by atoms with van der Waals surface area (Å²) in [5.74, 6) is 0. The number of rotatable bonds is 37. The first kappa shape index (κ1) is 49.7. The van der Waals surface area contributed by atoms with Crippen molar-refractivity contribution in [3.05, 3.63) is 48.6 Å². The summed E-state index contributed by atoms with van der Waals surface area (Å²) in [6.07, 6.45) is 40.2. The molecule has 8 heteroatoms. The molecule has 1 unspecified atom stereocenters. The van der Waals surface area contributed by atoms with Crippen LogP contribution in [0.3, 0.4) is 0 Å². The Morgan fingerprint density at radius 3 is 1.45 bits per heavy atom. The number of aliphatic hydroxyl groups excluding tert-OH is 4. The third-order valence-electron chi connectivity index (χ3n) is 9.79. The molecule has 0 amide bonds. The Morgan fingerprint density at radius 1 is 0.509 bits per heavy atom. The van der Waals surface area contributed by atoms with E-state index < -0.39 is 37.3 Å². The van der Waals surface area contributed by atoms with E-state index in [0.29, 0.717) is 19.8 Å². The van der Waals surface area contributed by atoms with Gasteiger partial charge in [0.15, 0.2) is 6.29 Å². The molecule has 1 saturated heterocycles. The highest BCUT2D eigenvalue weighted by atomic mass is 16.7. The zero-order valence-corrected chi connectivity index (χ0v) is 34.0. The molecule has 0 radical (unpaired) electrons. The lowest BCUT2D eigenvalue weighted by molar-refractivity contribution is -0.306. The van der Waals surface area contributed by atoms with Crippen molar-refractivity contribution in [2.24, 2.45) is 0 Å². The van der Waals surface area contributed by atoms with Gasteiger partial charge in [0.2, 0.25) is 0 Å². The largest absolute Gasteiger partial charge is 0.394 e. The van der Waals surface area contributed by atoms with Crippen LogP contribution in [-0.4, -0.2) is 90.3 Å². The van der Waals surface area contributed by atoms with E-state index in [0.717, 1.165) is 51.4 Å². The highest BCUT2D eigenvalue weighted by Crippen LogP contribution is 2.22. The Morgan fingerprint density at radius 2 is 0.962 bits per heavy atom. The van der Waals surface area contributed by atoms with Crippen molar-refractivity contribution in [1.29, 1.82) is 0 Å². The normalized spacial score (nSPS) is 21.7. The molecule has 0 saturated carbocycles. The second-order valence-electron chi connectivity index (χ2n) is 14.8. The van der Waals surface area contributed by atoms with Crippen LogP contribution in [-0.2, 0) is 18.9 Å². The summed E-state index contributed by atoms with van der Waals surface area (Å²) in [5.41, 5.74) is 0. The standard InChI is InChI=1S/C45H82O8/c1-3-5-7-9-11-13-15-17-19-21-23-25-27-29-31-33-35-50-38-40(39-52-45-44(49)43(48)42(47)41(37-46)53-45)51-36-34-32-30-28-26-24-22-20-18-16-14-12-10-8-6-4-2/h11-14,17-20,40-49H,3-10,15-16,21-39H2,1-2H3/b13-11-,14-12-,19-17-,20-18-/t40?,41-,42+,43+,44-,45-/m1/s1. The molecule has 1 rings (SSSR count). The molecule has 1 aliphatic heterocycles. The molecule has 310 valence electrons. The van der Waals surface area contributed by atoms with Crippen LogP contribution in [0.5, 0.6) is 0 Å². The van der Waals surface area contributed by atoms with E-state index in [2.05, 4.69) is 62.5 Å². The molecule has 1 aliphatic rings. The number of aliphatic hydroxyl groups is 4. The van der Waals surface area contributed by atoms with Crippen LogP contribution in [0, 0.1) is 0 Å². The first-order chi connectivity index (χ1) is 26.0. The van der Waals surface area contributed by atoms with Crippen molar-refractivity contribution < 1.29 is 39.4 Å². The Bertz CT molecular complexity index is 888. The van der Waals surface area contributed by atoms with Gasteiger partial charge in [-0.3, -0.25) is 0 Å². The van der Waals surface area contributed by atoms with Crippen LogP contribution in [0.15, 0.2) is 48.6 Å². The second-order valence-corrected chi connectivity index (χ2v) is 14.8. The number of allylic oxidation sites excluding steroid dienone is 8. The third-order valence-corrected chi connectivity index (χ3v) is 9.79. The van der Waals surface area contributed by atoms with Gasteiger partial charge in [-0.15, -0.1) is 0 Å². The Hall–Kier alpha value is -1.36. The fourth-order valence-electron chi connectivity index (χ4n) is 6.30.